The lowest BCUT2D eigenvalue weighted by molar-refractivity contribution is 0.260. The predicted octanol–water partition coefficient (Wildman–Crippen LogP) is 1.66. The van der Waals surface area contributed by atoms with Crippen LogP contribution in [-0.4, -0.2) is 26.2 Å². The SMILES string of the molecule is CCC(NCc1nnn(C)n1)C1CCCCC1. The quantitative estimate of drug-likeness (QED) is 0.846. The zero-order valence-corrected chi connectivity index (χ0v) is 10.9. The van der Waals surface area contributed by atoms with Crippen LogP contribution < -0.4 is 5.32 Å². The lowest BCUT2D eigenvalue weighted by Crippen LogP contribution is -2.36. The van der Waals surface area contributed by atoms with E-state index in [9.17, 15) is 0 Å². The number of nitrogens with zero attached hydrogens (tertiary/aromatic N) is 4. The lowest BCUT2D eigenvalue weighted by Gasteiger charge is -2.30. The topological polar surface area (TPSA) is 55.6 Å². The first-order chi connectivity index (χ1) is 8.29. The Bertz CT molecular complexity index is 329. The highest BCUT2D eigenvalue weighted by molar-refractivity contribution is 4.82. The van der Waals surface area contributed by atoms with Crippen molar-refractivity contribution in [2.75, 3.05) is 0 Å². The summed E-state index contributed by atoms with van der Waals surface area (Å²) in [5.74, 6) is 1.63. The van der Waals surface area contributed by atoms with Gasteiger partial charge >= 0.3 is 0 Å². The van der Waals surface area contributed by atoms with Crippen molar-refractivity contribution in [1.82, 2.24) is 25.5 Å². The zero-order chi connectivity index (χ0) is 12.1. The van der Waals surface area contributed by atoms with Crippen LogP contribution in [0.3, 0.4) is 0 Å². The van der Waals surface area contributed by atoms with E-state index in [1.54, 1.807) is 7.05 Å². The van der Waals surface area contributed by atoms with Crippen molar-refractivity contribution in [3.63, 3.8) is 0 Å². The molecule has 1 heterocycles. The van der Waals surface area contributed by atoms with Crippen molar-refractivity contribution in [2.24, 2.45) is 13.0 Å². The summed E-state index contributed by atoms with van der Waals surface area (Å²) in [4.78, 5) is 1.51. The second-order valence-corrected chi connectivity index (χ2v) is 4.99. The van der Waals surface area contributed by atoms with E-state index in [4.69, 9.17) is 0 Å². The molecule has 0 saturated heterocycles. The van der Waals surface area contributed by atoms with Crippen LogP contribution in [0, 0.1) is 5.92 Å². The molecule has 96 valence electrons. The molecule has 0 spiro atoms. The third-order valence-corrected chi connectivity index (χ3v) is 3.73. The summed E-state index contributed by atoms with van der Waals surface area (Å²) in [6.07, 6.45) is 8.14. The molecule has 17 heavy (non-hydrogen) atoms. The summed E-state index contributed by atoms with van der Waals surface area (Å²) in [7, 11) is 1.80. The Morgan fingerprint density at radius 3 is 2.71 bits per heavy atom. The number of tetrazole rings is 1. The standard InChI is InChI=1S/C12H23N5/c1-3-11(10-7-5-4-6-8-10)13-9-12-14-16-17(2)15-12/h10-11,13H,3-9H2,1-2H3. The van der Waals surface area contributed by atoms with Crippen LogP contribution in [0.15, 0.2) is 0 Å². The Labute approximate surface area is 103 Å². The number of hydrogen-bond donors (Lipinski definition) is 1. The van der Waals surface area contributed by atoms with Crippen molar-refractivity contribution < 1.29 is 0 Å². The predicted molar refractivity (Wildman–Crippen MR) is 66.3 cm³/mol. The van der Waals surface area contributed by atoms with E-state index in [1.165, 1.54) is 43.3 Å². The second-order valence-electron chi connectivity index (χ2n) is 4.99. The number of aromatic nitrogens is 4. The van der Waals surface area contributed by atoms with Crippen LogP contribution in [0.25, 0.3) is 0 Å². The van der Waals surface area contributed by atoms with Gasteiger partial charge in [0, 0.05) is 6.04 Å². The van der Waals surface area contributed by atoms with Crippen molar-refractivity contribution in [3.05, 3.63) is 5.82 Å². The maximum Gasteiger partial charge on any atom is 0.188 e. The van der Waals surface area contributed by atoms with Gasteiger partial charge in [-0.05, 0) is 30.4 Å². The molecule has 2 rings (SSSR count). The Kier molecular flexibility index (Phi) is 4.48. The minimum Gasteiger partial charge on any atom is -0.307 e. The highest BCUT2D eigenvalue weighted by Gasteiger charge is 2.22. The van der Waals surface area contributed by atoms with Crippen molar-refractivity contribution in [1.29, 1.82) is 0 Å². The van der Waals surface area contributed by atoms with E-state index >= 15 is 0 Å². The highest BCUT2D eigenvalue weighted by atomic mass is 15.6. The molecule has 0 radical (unpaired) electrons. The van der Waals surface area contributed by atoms with Gasteiger partial charge in [0.1, 0.15) is 0 Å². The first kappa shape index (κ1) is 12.5. The smallest absolute Gasteiger partial charge is 0.188 e. The fraction of sp³-hybridized carbons (Fsp3) is 0.917. The second kappa shape index (κ2) is 6.10. The molecule has 1 aliphatic carbocycles. The third-order valence-electron chi connectivity index (χ3n) is 3.73. The maximum atomic E-state index is 4.19. The zero-order valence-electron chi connectivity index (χ0n) is 10.9. The molecular formula is C12H23N5. The molecule has 5 nitrogen and oxygen atoms in total. The number of nitrogens with one attached hydrogen (secondary N) is 1. The van der Waals surface area contributed by atoms with Crippen molar-refractivity contribution >= 4 is 0 Å². The van der Waals surface area contributed by atoms with E-state index < -0.39 is 0 Å². The molecule has 0 aromatic carbocycles. The number of hydrogen-bond acceptors (Lipinski definition) is 4. The van der Waals surface area contributed by atoms with E-state index in [0.29, 0.717) is 6.04 Å². The largest absolute Gasteiger partial charge is 0.307 e. The Morgan fingerprint density at radius 2 is 2.12 bits per heavy atom. The van der Waals surface area contributed by atoms with Crippen LogP contribution in [0.1, 0.15) is 51.3 Å². The first-order valence-corrected chi connectivity index (χ1v) is 6.76. The summed E-state index contributed by atoms with van der Waals surface area (Å²) < 4.78 is 0. The molecule has 1 fully saturated rings. The van der Waals surface area contributed by atoms with Gasteiger partial charge in [0.05, 0.1) is 13.6 Å². The van der Waals surface area contributed by atoms with Gasteiger partial charge in [-0.15, -0.1) is 10.2 Å². The van der Waals surface area contributed by atoms with Crippen LogP contribution in [-0.2, 0) is 13.6 Å². The van der Waals surface area contributed by atoms with Gasteiger partial charge in [-0.2, -0.15) is 4.80 Å². The average molecular weight is 237 g/mol. The van der Waals surface area contributed by atoms with Gasteiger partial charge in [-0.25, -0.2) is 0 Å². The summed E-state index contributed by atoms with van der Waals surface area (Å²) in [5, 5.41) is 15.6. The van der Waals surface area contributed by atoms with Gasteiger partial charge in [0.2, 0.25) is 0 Å². The van der Waals surface area contributed by atoms with Crippen molar-refractivity contribution in [2.45, 2.75) is 58.0 Å². The molecule has 1 N–H and O–H groups in total. The summed E-state index contributed by atoms with van der Waals surface area (Å²) in [6, 6.07) is 0.610. The molecule has 1 aromatic heterocycles. The summed E-state index contributed by atoms with van der Waals surface area (Å²) in [5.41, 5.74) is 0. The molecule has 0 aliphatic heterocycles. The van der Waals surface area contributed by atoms with Gasteiger partial charge < -0.3 is 5.32 Å². The van der Waals surface area contributed by atoms with Gasteiger partial charge in [0.15, 0.2) is 5.82 Å². The van der Waals surface area contributed by atoms with E-state index in [0.717, 1.165) is 18.3 Å². The Balaban J connectivity index is 1.82. The van der Waals surface area contributed by atoms with Gasteiger partial charge in [0.25, 0.3) is 0 Å². The Hall–Kier alpha value is -0.970. The van der Waals surface area contributed by atoms with Crippen LogP contribution in [0.5, 0.6) is 0 Å². The molecule has 1 atom stereocenters. The number of aryl methyl sites for hydroxylation is 1. The van der Waals surface area contributed by atoms with Gasteiger partial charge in [-0.1, -0.05) is 26.2 Å². The van der Waals surface area contributed by atoms with E-state index in [-0.39, 0.29) is 0 Å². The van der Waals surface area contributed by atoms with Crippen LogP contribution in [0.4, 0.5) is 0 Å². The summed E-state index contributed by atoms with van der Waals surface area (Å²) >= 11 is 0. The summed E-state index contributed by atoms with van der Waals surface area (Å²) in [6.45, 7) is 3.00. The van der Waals surface area contributed by atoms with Gasteiger partial charge in [-0.3, -0.25) is 0 Å². The normalized spacial score (nSPS) is 19.4. The Morgan fingerprint density at radius 1 is 1.35 bits per heavy atom. The average Bonchev–Trinajstić information content (AvgIpc) is 2.77. The fourth-order valence-corrected chi connectivity index (χ4v) is 2.80. The lowest BCUT2D eigenvalue weighted by atomic mass is 9.83. The fourth-order valence-electron chi connectivity index (χ4n) is 2.80. The maximum absolute atomic E-state index is 4.19. The molecule has 1 aliphatic rings. The molecular weight excluding hydrogens is 214 g/mol. The highest BCUT2D eigenvalue weighted by Crippen LogP contribution is 2.27. The molecule has 5 heteroatoms. The van der Waals surface area contributed by atoms with E-state index in [2.05, 4.69) is 27.7 Å². The minimum atomic E-state index is 0.610. The molecule has 1 saturated carbocycles. The van der Waals surface area contributed by atoms with Crippen LogP contribution >= 0.6 is 0 Å². The minimum absolute atomic E-state index is 0.610. The molecule has 0 bridgehead atoms. The monoisotopic (exact) mass is 237 g/mol. The molecule has 1 unspecified atom stereocenters. The van der Waals surface area contributed by atoms with Crippen LogP contribution in [0.2, 0.25) is 0 Å². The molecule has 1 aromatic rings. The van der Waals surface area contributed by atoms with Crippen molar-refractivity contribution in [3.8, 4) is 0 Å². The third kappa shape index (κ3) is 3.49. The van der Waals surface area contributed by atoms with E-state index in [1.807, 2.05) is 0 Å². The first-order valence-electron chi connectivity index (χ1n) is 6.76. The molecule has 0 amide bonds. The number of rotatable bonds is 5.